The summed E-state index contributed by atoms with van der Waals surface area (Å²) in [4.78, 5) is 4.66. The van der Waals surface area contributed by atoms with Gasteiger partial charge >= 0.3 is 0 Å². The van der Waals surface area contributed by atoms with E-state index < -0.39 is 0 Å². The van der Waals surface area contributed by atoms with Gasteiger partial charge in [0.05, 0.1) is 6.54 Å². The summed E-state index contributed by atoms with van der Waals surface area (Å²) in [5, 5.41) is 7.06. The molecule has 1 unspecified atom stereocenters. The third kappa shape index (κ3) is 6.08. The average Bonchev–Trinajstić information content (AvgIpc) is 2.74. The Morgan fingerprint density at radius 1 is 1.07 bits per heavy atom. The van der Waals surface area contributed by atoms with E-state index in [1.54, 1.807) is 0 Å². The fourth-order valence-corrected chi connectivity index (χ4v) is 3.67. The zero-order valence-corrected chi connectivity index (χ0v) is 16.7. The molecule has 1 fully saturated rings. The van der Waals surface area contributed by atoms with E-state index >= 15 is 0 Å². The van der Waals surface area contributed by atoms with Crippen LogP contribution in [0.2, 0.25) is 0 Å². The predicted octanol–water partition coefficient (Wildman–Crippen LogP) is 3.03. The van der Waals surface area contributed by atoms with Crippen molar-refractivity contribution in [1.82, 2.24) is 10.6 Å². The molecular weight excluding hydrogens is 348 g/mol. The summed E-state index contributed by atoms with van der Waals surface area (Å²) >= 11 is 0. The number of rotatable bonds is 8. The molecule has 1 aliphatic rings. The van der Waals surface area contributed by atoms with Gasteiger partial charge in [-0.05, 0) is 37.3 Å². The number of hydrogen-bond acceptors (Lipinski definition) is 3. The number of ether oxygens (including phenoxy) is 1. The zero-order chi connectivity index (χ0) is 19.7. The second kappa shape index (κ2) is 10.2. The molecule has 2 aromatic carbocycles. The largest absolute Gasteiger partial charge is 0.381 e. The van der Waals surface area contributed by atoms with Crippen LogP contribution in [0.1, 0.15) is 36.9 Å². The van der Waals surface area contributed by atoms with Crippen LogP contribution in [0, 0.1) is 0 Å². The second-order valence-corrected chi connectivity index (χ2v) is 7.53. The van der Waals surface area contributed by atoms with Gasteiger partial charge in [0.2, 0.25) is 0 Å². The molecule has 1 aliphatic heterocycles. The molecule has 0 aromatic heterocycles. The molecule has 0 aliphatic carbocycles. The maximum atomic E-state index is 6.14. The van der Waals surface area contributed by atoms with Crippen molar-refractivity contribution in [3.8, 4) is 0 Å². The number of nitrogens with zero attached hydrogens (tertiary/aromatic N) is 1. The lowest BCUT2D eigenvalue weighted by Gasteiger charge is -2.39. The van der Waals surface area contributed by atoms with Crippen LogP contribution in [-0.4, -0.2) is 37.8 Å². The summed E-state index contributed by atoms with van der Waals surface area (Å²) in [6, 6.07) is 21.2. The lowest BCUT2D eigenvalue weighted by atomic mass is 9.88. The SMILES string of the molecule is CC(NC1(CN=C(N)NCCc2ccccc2)CCOCC1)c1ccccc1. The number of guanidine groups is 1. The summed E-state index contributed by atoms with van der Waals surface area (Å²) in [5.74, 6) is 0.510. The fraction of sp³-hybridized carbons (Fsp3) is 0.435. The first-order valence-electron chi connectivity index (χ1n) is 10.1. The Bertz CT molecular complexity index is 727. The molecule has 0 bridgehead atoms. The summed E-state index contributed by atoms with van der Waals surface area (Å²) in [5.41, 5.74) is 8.63. The highest BCUT2D eigenvalue weighted by atomic mass is 16.5. The van der Waals surface area contributed by atoms with Gasteiger partial charge in [-0.25, -0.2) is 0 Å². The highest BCUT2D eigenvalue weighted by Crippen LogP contribution is 2.25. The molecule has 0 amide bonds. The molecule has 5 heteroatoms. The van der Waals surface area contributed by atoms with Crippen LogP contribution in [0.25, 0.3) is 0 Å². The number of aliphatic imine (C=N–C) groups is 1. The van der Waals surface area contributed by atoms with Crippen LogP contribution >= 0.6 is 0 Å². The quantitative estimate of drug-likeness (QED) is 0.486. The molecule has 3 rings (SSSR count). The highest BCUT2D eigenvalue weighted by molar-refractivity contribution is 5.77. The Labute approximate surface area is 168 Å². The summed E-state index contributed by atoms with van der Waals surface area (Å²) in [6.07, 6.45) is 2.80. The maximum Gasteiger partial charge on any atom is 0.188 e. The minimum Gasteiger partial charge on any atom is -0.381 e. The molecule has 4 N–H and O–H groups in total. The minimum atomic E-state index is -0.0841. The third-order valence-electron chi connectivity index (χ3n) is 5.39. The fourth-order valence-electron chi connectivity index (χ4n) is 3.67. The molecular formula is C23H32N4O. The molecule has 1 heterocycles. The molecule has 1 atom stereocenters. The Morgan fingerprint density at radius 3 is 2.39 bits per heavy atom. The number of nitrogens with two attached hydrogens (primary N) is 1. The maximum absolute atomic E-state index is 6.14. The highest BCUT2D eigenvalue weighted by Gasteiger charge is 2.33. The smallest absolute Gasteiger partial charge is 0.188 e. The minimum absolute atomic E-state index is 0.0841. The molecule has 150 valence electrons. The molecule has 0 saturated carbocycles. The Kier molecular flexibility index (Phi) is 7.46. The molecule has 1 saturated heterocycles. The lowest BCUT2D eigenvalue weighted by Crippen LogP contribution is -2.53. The predicted molar refractivity (Wildman–Crippen MR) is 115 cm³/mol. The first-order chi connectivity index (χ1) is 13.7. The third-order valence-corrected chi connectivity index (χ3v) is 5.39. The molecule has 0 radical (unpaired) electrons. The van der Waals surface area contributed by atoms with Crippen LogP contribution in [-0.2, 0) is 11.2 Å². The molecule has 5 nitrogen and oxygen atoms in total. The summed E-state index contributed by atoms with van der Waals surface area (Å²) in [6.45, 7) is 5.15. The van der Waals surface area contributed by atoms with Gasteiger partial charge in [0.25, 0.3) is 0 Å². The number of benzene rings is 2. The lowest BCUT2D eigenvalue weighted by molar-refractivity contribution is 0.0374. The Morgan fingerprint density at radius 2 is 1.71 bits per heavy atom. The summed E-state index contributed by atoms with van der Waals surface area (Å²) < 4.78 is 5.60. The topological polar surface area (TPSA) is 71.7 Å². The standard InChI is InChI=1S/C23H32N4O/c1-19(21-10-6-3-7-11-21)27-23(13-16-28-17-14-23)18-26-22(24)25-15-12-20-8-4-2-5-9-20/h2-11,19,27H,12-18H2,1H3,(H3,24,25,26). The van der Waals surface area contributed by atoms with Gasteiger partial charge < -0.3 is 21.1 Å². The van der Waals surface area contributed by atoms with Gasteiger partial charge in [0, 0.05) is 31.3 Å². The van der Waals surface area contributed by atoms with E-state index in [1.165, 1.54) is 11.1 Å². The van der Waals surface area contributed by atoms with Crippen LogP contribution in [0.3, 0.4) is 0 Å². The van der Waals surface area contributed by atoms with Crippen molar-refractivity contribution < 1.29 is 4.74 Å². The van der Waals surface area contributed by atoms with Crippen molar-refractivity contribution in [2.45, 2.75) is 37.8 Å². The second-order valence-electron chi connectivity index (χ2n) is 7.53. The molecule has 28 heavy (non-hydrogen) atoms. The van der Waals surface area contributed by atoms with Gasteiger partial charge in [-0.1, -0.05) is 60.7 Å². The van der Waals surface area contributed by atoms with E-state index in [0.717, 1.165) is 39.0 Å². The van der Waals surface area contributed by atoms with Crippen molar-refractivity contribution >= 4 is 5.96 Å². The first kappa shape index (κ1) is 20.4. The summed E-state index contributed by atoms with van der Waals surface area (Å²) in [7, 11) is 0. The number of hydrogen-bond donors (Lipinski definition) is 3. The zero-order valence-electron chi connectivity index (χ0n) is 16.7. The normalized spacial score (nSPS) is 17.8. The van der Waals surface area contributed by atoms with E-state index in [2.05, 4.69) is 71.1 Å². The van der Waals surface area contributed by atoms with Gasteiger partial charge in [-0.2, -0.15) is 0 Å². The van der Waals surface area contributed by atoms with Crippen LogP contribution in [0.15, 0.2) is 65.7 Å². The molecule has 0 spiro atoms. The van der Waals surface area contributed by atoms with Crippen molar-refractivity contribution in [3.05, 3.63) is 71.8 Å². The van der Waals surface area contributed by atoms with Gasteiger partial charge in [0.1, 0.15) is 0 Å². The van der Waals surface area contributed by atoms with Crippen molar-refractivity contribution in [3.63, 3.8) is 0 Å². The van der Waals surface area contributed by atoms with Crippen molar-refractivity contribution in [2.75, 3.05) is 26.3 Å². The van der Waals surface area contributed by atoms with Gasteiger partial charge in [-0.3, -0.25) is 4.99 Å². The number of nitrogens with one attached hydrogen (secondary N) is 2. The van der Waals surface area contributed by atoms with Crippen LogP contribution in [0.4, 0.5) is 0 Å². The van der Waals surface area contributed by atoms with Crippen molar-refractivity contribution in [1.29, 1.82) is 0 Å². The Hall–Kier alpha value is -2.37. The monoisotopic (exact) mass is 380 g/mol. The van der Waals surface area contributed by atoms with E-state index in [9.17, 15) is 0 Å². The van der Waals surface area contributed by atoms with E-state index in [1.807, 2.05) is 12.1 Å². The van der Waals surface area contributed by atoms with Crippen LogP contribution < -0.4 is 16.4 Å². The van der Waals surface area contributed by atoms with Crippen molar-refractivity contribution in [2.24, 2.45) is 10.7 Å². The molecule has 2 aromatic rings. The van der Waals surface area contributed by atoms with E-state index in [4.69, 9.17) is 10.5 Å². The van der Waals surface area contributed by atoms with E-state index in [0.29, 0.717) is 12.5 Å². The first-order valence-corrected chi connectivity index (χ1v) is 10.1. The van der Waals surface area contributed by atoms with Gasteiger partial charge in [-0.15, -0.1) is 0 Å². The van der Waals surface area contributed by atoms with E-state index in [-0.39, 0.29) is 11.6 Å². The average molecular weight is 381 g/mol. The van der Waals surface area contributed by atoms with Crippen LogP contribution in [0.5, 0.6) is 0 Å². The van der Waals surface area contributed by atoms with Gasteiger partial charge in [0.15, 0.2) is 5.96 Å². The Balaban J connectivity index is 1.56.